The molecule has 3 rings (SSSR count). The molecule has 1 aliphatic carbocycles. The molecule has 2 aliphatic rings. The highest BCUT2D eigenvalue weighted by Crippen LogP contribution is 2.40. The van der Waals surface area contributed by atoms with Gasteiger partial charge >= 0.3 is 0 Å². The maximum Gasteiger partial charge on any atom is 0.239 e. The Hall–Kier alpha value is -2.32. The SMILES string of the molecule is CNC(=O)CNC(=O)CC(=O)N(CCN1CC[C@](C)(c2cccc(O)c2)[C@@H](C)C1)C1CCCCC1.Cl. The van der Waals surface area contributed by atoms with Crippen LogP contribution in [0.15, 0.2) is 24.3 Å². The van der Waals surface area contributed by atoms with Gasteiger partial charge in [-0.3, -0.25) is 14.4 Å². The van der Waals surface area contributed by atoms with Gasteiger partial charge in [0.15, 0.2) is 0 Å². The van der Waals surface area contributed by atoms with Crippen molar-refractivity contribution in [3.63, 3.8) is 0 Å². The number of likely N-dealkylation sites (N-methyl/N-ethyl adjacent to an activating group) is 1. The number of halogens is 1. The van der Waals surface area contributed by atoms with Crippen molar-refractivity contribution in [2.24, 2.45) is 5.92 Å². The smallest absolute Gasteiger partial charge is 0.239 e. The van der Waals surface area contributed by atoms with Crippen molar-refractivity contribution in [2.45, 2.75) is 70.3 Å². The number of piperidine rings is 1. The second-order valence-corrected chi connectivity index (χ2v) is 10.4. The van der Waals surface area contributed by atoms with Crippen molar-refractivity contribution in [1.29, 1.82) is 0 Å². The van der Waals surface area contributed by atoms with Crippen LogP contribution in [0.25, 0.3) is 0 Å². The van der Waals surface area contributed by atoms with Crippen molar-refractivity contribution in [2.75, 3.05) is 39.8 Å². The summed E-state index contributed by atoms with van der Waals surface area (Å²) in [6, 6.07) is 7.79. The Kier molecular flexibility index (Phi) is 11.5. The molecule has 3 amide bonds. The van der Waals surface area contributed by atoms with E-state index in [0.717, 1.165) is 51.7 Å². The quantitative estimate of drug-likeness (QED) is 0.433. The number of hydrogen-bond acceptors (Lipinski definition) is 5. The molecule has 8 nitrogen and oxygen atoms in total. The lowest BCUT2D eigenvalue weighted by Gasteiger charge is -2.46. The van der Waals surface area contributed by atoms with Crippen LogP contribution >= 0.6 is 12.4 Å². The van der Waals surface area contributed by atoms with Crippen LogP contribution in [-0.4, -0.2) is 78.4 Å². The molecule has 1 aliphatic heterocycles. The fourth-order valence-electron chi connectivity index (χ4n) is 5.53. The summed E-state index contributed by atoms with van der Waals surface area (Å²) in [7, 11) is 1.51. The fraction of sp³-hybridized carbons (Fsp3) is 0.667. The van der Waals surface area contributed by atoms with Crippen LogP contribution in [0.1, 0.15) is 64.4 Å². The van der Waals surface area contributed by atoms with E-state index in [-0.39, 0.29) is 48.6 Å². The largest absolute Gasteiger partial charge is 0.508 e. The molecule has 2 fully saturated rings. The summed E-state index contributed by atoms with van der Waals surface area (Å²) in [4.78, 5) is 41.2. The molecule has 36 heavy (non-hydrogen) atoms. The fourth-order valence-corrected chi connectivity index (χ4v) is 5.53. The number of hydrogen-bond donors (Lipinski definition) is 3. The molecular weight excluding hydrogens is 480 g/mol. The lowest BCUT2D eigenvalue weighted by molar-refractivity contribution is -0.139. The van der Waals surface area contributed by atoms with Crippen molar-refractivity contribution >= 4 is 30.1 Å². The second-order valence-electron chi connectivity index (χ2n) is 10.4. The molecule has 0 unspecified atom stereocenters. The minimum absolute atomic E-state index is 0. The highest BCUT2D eigenvalue weighted by Gasteiger charge is 2.38. The summed E-state index contributed by atoms with van der Waals surface area (Å²) in [6.07, 6.45) is 6.15. The van der Waals surface area contributed by atoms with E-state index in [1.807, 2.05) is 17.0 Å². The van der Waals surface area contributed by atoms with Gasteiger partial charge in [0.05, 0.1) is 6.54 Å². The Morgan fingerprint density at radius 1 is 1.17 bits per heavy atom. The average Bonchev–Trinajstić information content (AvgIpc) is 2.85. The zero-order valence-corrected chi connectivity index (χ0v) is 22.7. The number of nitrogens with zero attached hydrogens (tertiary/aromatic N) is 2. The second kappa shape index (κ2) is 13.8. The number of aromatic hydroxyl groups is 1. The zero-order valence-electron chi connectivity index (χ0n) is 21.9. The lowest BCUT2D eigenvalue weighted by Crippen LogP contribution is -2.51. The summed E-state index contributed by atoms with van der Waals surface area (Å²) in [5.74, 6) is -0.146. The molecule has 0 aromatic heterocycles. The van der Waals surface area contributed by atoms with Crippen LogP contribution in [0, 0.1) is 5.92 Å². The minimum atomic E-state index is -0.409. The molecule has 1 saturated heterocycles. The number of carbonyl (C=O) groups excluding carboxylic acids is 3. The van der Waals surface area contributed by atoms with Gasteiger partial charge in [0.25, 0.3) is 0 Å². The number of likely N-dealkylation sites (tertiary alicyclic amines) is 1. The van der Waals surface area contributed by atoms with Crippen LogP contribution in [0.2, 0.25) is 0 Å². The minimum Gasteiger partial charge on any atom is -0.508 e. The van der Waals surface area contributed by atoms with Gasteiger partial charge in [0.1, 0.15) is 12.2 Å². The van der Waals surface area contributed by atoms with Gasteiger partial charge in [-0.2, -0.15) is 0 Å². The number of carbonyl (C=O) groups is 3. The molecule has 0 radical (unpaired) electrons. The van der Waals surface area contributed by atoms with Gasteiger partial charge in [0.2, 0.25) is 17.7 Å². The number of phenolic OH excluding ortho intramolecular Hbond substituents is 1. The van der Waals surface area contributed by atoms with E-state index in [9.17, 15) is 19.5 Å². The molecule has 1 heterocycles. The van der Waals surface area contributed by atoms with E-state index in [1.54, 1.807) is 6.07 Å². The molecule has 1 aromatic rings. The highest BCUT2D eigenvalue weighted by molar-refractivity contribution is 5.98. The first-order valence-corrected chi connectivity index (χ1v) is 13.0. The number of nitrogens with one attached hydrogen (secondary N) is 2. The monoisotopic (exact) mass is 522 g/mol. The summed E-state index contributed by atoms with van der Waals surface area (Å²) < 4.78 is 0. The highest BCUT2D eigenvalue weighted by atomic mass is 35.5. The topological polar surface area (TPSA) is 102 Å². The van der Waals surface area contributed by atoms with Crippen molar-refractivity contribution in [3.8, 4) is 5.75 Å². The maximum absolute atomic E-state index is 13.1. The first kappa shape index (κ1) is 29.9. The Labute approximate surface area is 221 Å². The van der Waals surface area contributed by atoms with E-state index in [0.29, 0.717) is 18.2 Å². The molecule has 9 heteroatoms. The van der Waals surface area contributed by atoms with Gasteiger partial charge in [-0.15, -0.1) is 12.4 Å². The number of phenols is 1. The Balaban J connectivity index is 0.00000456. The third-order valence-electron chi connectivity index (χ3n) is 8.10. The van der Waals surface area contributed by atoms with Gasteiger partial charge < -0.3 is 25.5 Å². The Bertz CT molecular complexity index is 892. The van der Waals surface area contributed by atoms with Gasteiger partial charge in [0, 0.05) is 32.7 Å². The van der Waals surface area contributed by atoms with Crippen LogP contribution in [0.4, 0.5) is 0 Å². The molecule has 1 aromatic carbocycles. The van der Waals surface area contributed by atoms with Crippen molar-refractivity contribution in [3.05, 3.63) is 29.8 Å². The first-order valence-electron chi connectivity index (χ1n) is 13.0. The third kappa shape index (κ3) is 7.84. The predicted molar refractivity (Wildman–Crippen MR) is 143 cm³/mol. The predicted octanol–water partition coefficient (Wildman–Crippen LogP) is 2.83. The summed E-state index contributed by atoms with van der Waals surface area (Å²) >= 11 is 0. The van der Waals surface area contributed by atoms with E-state index in [4.69, 9.17) is 0 Å². The summed E-state index contributed by atoms with van der Waals surface area (Å²) in [6.45, 7) is 7.66. The Morgan fingerprint density at radius 3 is 2.53 bits per heavy atom. The lowest BCUT2D eigenvalue weighted by atomic mass is 9.68. The molecular formula is C27H43ClN4O4. The summed E-state index contributed by atoms with van der Waals surface area (Å²) in [5.41, 5.74) is 1.17. The standard InChI is InChI=1S/C27H42N4O4.ClH/c1-20-19-30(13-12-27(20,2)21-8-7-11-23(32)16-21)14-15-31(22-9-5-4-6-10-22)26(35)17-24(33)29-18-25(34)28-3;/h7-8,11,16,20,22,32H,4-6,9-10,12-15,17-19H2,1-3H3,(H,28,34)(H,29,33);1H/t20-,27-;/m0./s1. The van der Waals surface area contributed by atoms with E-state index in [1.165, 1.54) is 19.0 Å². The molecule has 3 N–H and O–H groups in total. The zero-order chi connectivity index (χ0) is 25.4. The normalized spacial score (nSPS) is 22.8. The number of benzene rings is 1. The summed E-state index contributed by atoms with van der Waals surface area (Å²) in [5, 5.41) is 15.0. The van der Waals surface area contributed by atoms with Crippen LogP contribution < -0.4 is 10.6 Å². The van der Waals surface area contributed by atoms with E-state index < -0.39 is 5.91 Å². The van der Waals surface area contributed by atoms with Crippen LogP contribution in [0.5, 0.6) is 5.75 Å². The molecule has 0 bridgehead atoms. The first-order chi connectivity index (χ1) is 16.7. The average molecular weight is 523 g/mol. The number of rotatable bonds is 9. The molecule has 1 saturated carbocycles. The van der Waals surface area contributed by atoms with Gasteiger partial charge in [-0.25, -0.2) is 0 Å². The maximum atomic E-state index is 13.1. The van der Waals surface area contributed by atoms with E-state index in [2.05, 4.69) is 35.4 Å². The van der Waals surface area contributed by atoms with Crippen molar-refractivity contribution < 1.29 is 19.5 Å². The molecule has 202 valence electrons. The molecule has 0 spiro atoms. The van der Waals surface area contributed by atoms with Crippen molar-refractivity contribution in [1.82, 2.24) is 20.4 Å². The van der Waals surface area contributed by atoms with E-state index >= 15 is 0 Å². The van der Waals surface area contributed by atoms with Crippen LogP contribution in [-0.2, 0) is 19.8 Å². The third-order valence-corrected chi connectivity index (χ3v) is 8.10. The molecule has 2 atom stereocenters. The van der Waals surface area contributed by atoms with Gasteiger partial charge in [-0.05, 0) is 54.8 Å². The number of amides is 3. The Morgan fingerprint density at radius 2 is 1.89 bits per heavy atom. The van der Waals surface area contributed by atoms with Crippen LogP contribution in [0.3, 0.4) is 0 Å². The van der Waals surface area contributed by atoms with Gasteiger partial charge in [-0.1, -0.05) is 45.2 Å².